The number of rotatable bonds is 3. The molecule has 0 unspecified atom stereocenters. The second-order valence-electron chi connectivity index (χ2n) is 4.58. The summed E-state index contributed by atoms with van der Waals surface area (Å²) in [5.74, 6) is 1.23. The van der Waals surface area contributed by atoms with Crippen LogP contribution in [0.1, 0.15) is 44.4 Å². The van der Waals surface area contributed by atoms with Gasteiger partial charge in [0.15, 0.2) is 0 Å². The highest BCUT2D eigenvalue weighted by molar-refractivity contribution is 5.90. The van der Waals surface area contributed by atoms with Crippen LogP contribution in [-0.4, -0.2) is 11.1 Å². The fourth-order valence-electron chi connectivity index (χ4n) is 2.10. The first-order valence-electron chi connectivity index (χ1n) is 5.98. The number of fused-ring (bicyclic) bond motifs is 1. The Bertz CT molecular complexity index is 384. The van der Waals surface area contributed by atoms with E-state index in [2.05, 4.69) is 17.4 Å². The third-order valence-corrected chi connectivity index (χ3v) is 3.03. The molecule has 1 atom stereocenters. The summed E-state index contributed by atoms with van der Waals surface area (Å²) in [7, 11) is 0. The molecule has 1 heterocycles. The summed E-state index contributed by atoms with van der Waals surface area (Å²) in [6.45, 7) is 4.20. The smallest absolute Gasteiger partial charge is 0.234 e. The monoisotopic (exact) mass is 222 g/mol. The van der Waals surface area contributed by atoms with E-state index in [-0.39, 0.29) is 5.91 Å². The number of hydrogen-bond acceptors (Lipinski definition) is 3. The summed E-state index contributed by atoms with van der Waals surface area (Å²) in [6.07, 6.45) is 4.45. The lowest BCUT2D eigenvalue weighted by atomic mass is 9.89. The van der Waals surface area contributed by atoms with E-state index in [4.69, 9.17) is 4.52 Å². The van der Waals surface area contributed by atoms with Gasteiger partial charge >= 0.3 is 0 Å². The third kappa shape index (κ3) is 2.26. The molecular formula is C12H18N2O2. The van der Waals surface area contributed by atoms with Gasteiger partial charge in [-0.05, 0) is 31.6 Å². The minimum absolute atomic E-state index is 0.0136. The van der Waals surface area contributed by atoms with Gasteiger partial charge in [-0.1, -0.05) is 19.0 Å². The maximum atomic E-state index is 11.5. The van der Waals surface area contributed by atoms with Crippen molar-refractivity contribution in [3.8, 4) is 0 Å². The molecule has 0 radical (unpaired) electrons. The predicted octanol–water partition coefficient (Wildman–Crippen LogP) is 2.54. The Kier molecular flexibility index (Phi) is 3.27. The van der Waals surface area contributed by atoms with E-state index >= 15 is 0 Å². The molecular weight excluding hydrogens is 204 g/mol. The molecule has 1 aromatic rings. The number of nitrogens with one attached hydrogen (secondary N) is 1. The quantitative estimate of drug-likeness (QED) is 0.855. The Morgan fingerprint density at radius 2 is 2.44 bits per heavy atom. The molecule has 0 aliphatic heterocycles. The van der Waals surface area contributed by atoms with Crippen LogP contribution in [0.4, 0.5) is 5.88 Å². The van der Waals surface area contributed by atoms with Gasteiger partial charge in [0, 0.05) is 12.0 Å². The molecule has 88 valence electrons. The molecule has 0 spiro atoms. The molecule has 4 heteroatoms. The van der Waals surface area contributed by atoms with Crippen LogP contribution in [0.5, 0.6) is 0 Å². The van der Waals surface area contributed by atoms with Crippen molar-refractivity contribution in [1.29, 1.82) is 0 Å². The zero-order valence-corrected chi connectivity index (χ0v) is 9.88. The summed E-state index contributed by atoms with van der Waals surface area (Å²) in [6, 6.07) is 0. The van der Waals surface area contributed by atoms with Crippen molar-refractivity contribution in [2.75, 3.05) is 5.32 Å². The predicted molar refractivity (Wildman–Crippen MR) is 61.2 cm³/mol. The van der Waals surface area contributed by atoms with E-state index in [9.17, 15) is 4.79 Å². The van der Waals surface area contributed by atoms with E-state index in [1.165, 1.54) is 0 Å². The van der Waals surface area contributed by atoms with Crippen molar-refractivity contribution in [3.63, 3.8) is 0 Å². The van der Waals surface area contributed by atoms with Crippen LogP contribution < -0.4 is 5.32 Å². The van der Waals surface area contributed by atoms with Crippen LogP contribution in [0.15, 0.2) is 4.52 Å². The Labute approximate surface area is 95.4 Å². The van der Waals surface area contributed by atoms with Gasteiger partial charge in [-0.3, -0.25) is 10.1 Å². The Morgan fingerprint density at radius 1 is 1.62 bits per heavy atom. The number of hydrogen-bond donors (Lipinski definition) is 1. The number of anilines is 1. The topological polar surface area (TPSA) is 55.1 Å². The number of aromatic nitrogens is 1. The Balaban J connectivity index is 2.11. The average Bonchev–Trinajstić information content (AvgIpc) is 2.61. The fourth-order valence-corrected chi connectivity index (χ4v) is 2.10. The SMILES string of the molecule is CCCC(=O)Nc1onc2c1C[C@H](C)CC2. The Hall–Kier alpha value is -1.32. The molecule has 0 saturated heterocycles. The second kappa shape index (κ2) is 4.68. The summed E-state index contributed by atoms with van der Waals surface area (Å²) in [4.78, 5) is 11.5. The molecule has 1 aliphatic rings. The van der Waals surface area contributed by atoms with Crippen LogP contribution in [0.2, 0.25) is 0 Å². The van der Waals surface area contributed by atoms with Crippen LogP contribution in [0.3, 0.4) is 0 Å². The first kappa shape index (κ1) is 11.2. The first-order valence-corrected chi connectivity index (χ1v) is 5.98. The van der Waals surface area contributed by atoms with Crippen LogP contribution in [0, 0.1) is 5.92 Å². The van der Waals surface area contributed by atoms with Crippen molar-refractivity contribution < 1.29 is 9.32 Å². The van der Waals surface area contributed by atoms with Crippen LogP contribution in [-0.2, 0) is 17.6 Å². The van der Waals surface area contributed by atoms with Crippen molar-refractivity contribution in [3.05, 3.63) is 11.3 Å². The zero-order chi connectivity index (χ0) is 11.5. The standard InChI is InChI=1S/C12H18N2O2/c1-3-4-11(15)13-12-9-7-8(2)5-6-10(9)14-16-12/h8H,3-7H2,1-2H3,(H,13,15)/t8-/m1/s1. The molecule has 1 N–H and O–H groups in total. The van der Waals surface area contributed by atoms with Crippen molar-refractivity contribution >= 4 is 11.8 Å². The minimum atomic E-state index is 0.0136. The van der Waals surface area contributed by atoms with Crippen molar-refractivity contribution in [1.82, 2.24) is 5.16 Å². The highest BCUT2D eigenvalue weighted by Gasteiger charge is 2.23. The zero-order valence-electron chi connectivity index (χ0n) is 9.88. The lowest BCUT2D eigenvalue weighted by molar-refractivity contribution is -0.116. The highest BCUT2D eigenvalue weighted by atomic mass is 16.5. The molecule has 0 saturated carbocycles. The van der Waals surface area contributed by atoms with Gasteiger partial charge in [-0.25, -0.2) is 0 Å². The van der Waals surface area contributed by atoms with Gasteiger partial charge in [0.1, 0.15) is 0 Å². The molecule has 16 heavy (non-hydrogen) atoms. The van der Waals surface area contributed by atoms with Gasteiger partial charge in [0.2, 0.25) is 11.8 Å². The van der Waals surface area contributed by atoms with Crippen LogP contribution >= 0.6 is 0 Å². The molecule has 2 rings (SSSR count). The lowest BCUT2D eigenvalue weighted by Gasteiger charge is -2.16. The van der Waals surface area contributed by atoms with E-state index < -0.39 is 0 Å². The van der Waals surface area contributed by atoms with Crippen LogP contribution in [0.25, 0.3) is 0 Å². The molecule has 0 aromatic carbocycles. The van der Waals surface area contributed by atoms with Gasteiger partial charge in [0.25, 0.3) is 0 Å². The average molecular weight is 222 g/mol. The number of aryl methyl sites for hydroxylation is 1. The van der Waals surface area contributed by atoms with E-state index in [0.717, 1.165) is 36.9 Å². The molecule has 4 nitrogen and oxygen atoms in total. The largest absolute Gasteiger partial charge is 0.338 e. The van der Waals surface area contributed by atoms with Gasteiger partial charge in [-0.15, -0.1) is 0 Å². The first-order chi connectivity index (χ1) is 7.70. The number of carbonyl (C=O) groups excluding carboxylic acids is 1. The minimum Gasteiger partial charge on any atom is -0.338 e. The molecule has 0 bridgehead atoms. The maximum Gasteiger partial charge on any atom is 0.234 e. The van der Waals surface area contributed by atoms with E-state index in [1.54, 1.807) is 0 Å². The highest BCUT2D eigenvalue weighted by Crippen LogP contribution is 2.30. The van der Waals surface area contributed by atoms with E-state index in [1.807, 2.05) is 6.92 Å². The molecule has 0 fully saturated rings. The van der Waals surface area contributed by atoms with Gasteiger partial charge < -0.3 is 4.52 Å². The van der Waals surface area contributed by atoms with Gasteiger partial charge in [-0.2, -0.15) is 0 Å². The molecule has 1 amide bonds. The third-order valence-electron chi connectivity index (χ3n) is 3.03. The van der Waals surface area contributed by atoms with Crippen molar-refractivity contribution in [2.24, 2.45) is 5.92 Å². The second-order valence-corrected chi connectivity index (χ2v) is 4.58. The fraction of sp³-hybridized carbons (Fsp3) is 0.667. The summed E-state index contributed by atoms with van der Waals surface area (Å²) < 4.78 is 5.20. The lowest BCUT2D eigenvalue weighted by Crippen LogP contribution is -2.15. The summed E-state index contributed by atoms with van der Waals surface area (Å²) in [5.41, 5.74) is 2.12. The number of carbonyl (C=O) groups is 1. The van der Waals surface area contributed by atoms with Gasteiger partial charge in [0.05, 0.1) is 5.69 Å². The van der Waals surface area contributed by atoms with E-state index in [0.29, 0.717) is 18.2 Å². The number of amides is 1. The van der Waals surface area contributed by atoms with Crippen molar-refractivity contribution in [2.45, 2.75) is 46.0 Å². The summed E-state index contributed by atoms with van der Waals surface area (Å²) in [5, 5.41) is 6.82. The number of nitrogens with zero attached hydrogens (tertiary/aromatic N) is 1. The normalized spacial score (nSPS) is 19.2. The Morgan fingerprint density at radius 3 is 3.19 bits per heavy atom. The summed E-state index contributed by atoms with van der Waals surface area (Å²) >= 11 is 0. The molecule has 1 aromatic heterocycles. The maximum absolute atomic E-state index is 11.5. The molecule has 1 aliphatic carbocycles.